The summed E-state index contributed by atoms with van der Waals surface area (Å²) in [5.74, 6) is -0.440. The molecule has 7 heteroatoms. The van der Waals surface area contributed by atoms with Crippen LogP contribution in [0.5, 0.6) is 0 Å². The molecule has 0 aliphatic carbocycles. The van der Waals surface area contributed by atoms with Crippen molar-refractivity contribution >= 4 is 17.7 Å². The van der Waals surface area contributed by atoms with Gasteiger partial charge in [0.2, 0.25) is 5.91 Å². The molecule has 0 saturated carbocycles. The van der Waals surface area contributed by atoms with Crippen molar-refractivity contribution < 1.29 is 14.4 Å². The van der Waals surface area contributed by atoms with Gasteiger partial charge in [-0.25, -0.2) is 0 Å². The minimum absolute atomic E-state index is 0.0317. The molecule has 2 heterocycles. The molecule has 0 bridgehead atoms. The number of hydrogen-bond donors (Lipinski definition) is 1. The Morgan fingerprint density at radius 1 is 0.719 bits per heavy atom. The van der Waals surface area contributed by atoms with E-state index in [4.69, 9.17) is 0 Å². The van der Waals surface area contributed by atoms with Crippen LogP contribution in [-0.4, -0.2) is 64.8 Å². The van der Waals surface area contributed by atoms with Crippen LogP contribution in [0.15, 0.2) is 79.1 Å². The molecule has 0 atom stereocenters. The van der Waals surface area contributed by atoms with Gasteiger partial charge in [0, 0.05) is 55.4 Å². The van der Waals surface area contributed by atoms with Gasteiger partial charge in [-0.1, -0.05) is 18.2 Å². The van der Waals surface area contributed by atoms with Gasteiger partial charge in [-0.2, -0.15) is 0 Å². The van der Waals surface area contributed by atoms with Crippen molar-refractivity contribution in [1.29, 1.82) is 0 Å². The monoisotopic (exact) mass is 430 g/mol. The van der Waals surface area contributed by atoms with Crippen LogP contribution in [-0.2, 0) is 4.79 Å². The van der Waals surface area contributed by atoms with E-state index in [1.54, 1.807) is 34.1 Å². The largest absolute Gasteiger partial charge is 0.343 e. The van der Waals surface area contributed by atoms with Crippen LogP contribution in [0, 0.1) is 0 Å². The molecule has 0 unspecified atom stereocenters. The summed E-state index contributed by atoms with van der Waals surface area (Å²) < 4.78 is 1.99. The molecular weight excluding hydrogens is 404 g/mol. The van der Waals surface area contributed by atoms with E-state index in [-0.39, 0.29) is 24.3 Å². The van der Waals surface area contributed by atoms with E-state index in [9.17, 15) is 14.4 Å². The van der Waals surface area contributed by atoms with Crippen molar-refractivity contribution in [2.24, 2.45) is 0 Å². The first kappa shape index (κ1) is 21.4. The van der Waals surface area contributed by atoms with Gasteiger partial charge in [0.15, 0.2) is 0 Å². The van der Waals surface area contributed by atoms with Crippen LogP contribution in [0.3, 0.4) is 0 Å². The predicted molar refractivity (Wildman–Crippen MR) is 122 cm³/mol. The Morgan fingerprint density at radius 3 is 2.09 bits per heavy atom. The zero-order valence-electron chi connectivity index (χ0n) is 17.8. The summed E-state index contributed by atoms with van der Waals surface area (Å²) in [6.07, 6.45) is 4.62. The lowest BCUT2D eigenvalue weighted by atomic mass is 10.1. The minimum Gasteiger partial charge on any atom is -0.343 e. The molecule has 1 saturated heterocycles. The molecule has 32 heavy (non-hydrogen) atoms. The number of aromatic nitrogens is 1. The molecule has 2 aromatic carbocycles. The summed E-state index contributed by atoms with van der Waals surface area (Å²) in [5, 5.41) is 2.68. The number of benzene rings is 2. The van der Waals surface area contributed by atoms with Crippen molar-refractivity contribution in [2.45, 2.75) is 6.42 Å². The molecule has 0 radical (unpaired) electrons. The number of carbonyl (C=O) groups excluding carboxylic acids is 3. The van der Waals surface area contributed by atoms with Crippen molar-refractivity contribution in [1.82, 2.24) is 19.7 Å². The Balaban J connectivity index is 1.30. The maximum atomic E-state index is 13.0. The highest BCUT2D eigenvalue weighted by Gasteiger charge is 2.23. The number of nitrogens with one attached hydrogen (secondary N) is 1. The molecule has 3 amide bonds. The van der Waals surface area contributed by atoms with Crippen molar-refractivity contribution in [3.05, 3.63) is 90.3 Å². The third-order valence-corrected chi connectivity index (χ3v) is 5.59. The van der Waals surface area contributed by atoms with E-state index in [0.29, 0.717) is 43.7 Å². The smallest absolute Gasteiger partial charge is 0.253 e. The first-order chi connectivity index (χ1) is 15.6. The van der Waals surface area contributed by atoms with E-state index < -0.39 is 0 Å². The normalized spacial score (nSPS) is 14.0. The highest BCUT2D eigenvalue weighted by Crippen LogP contribution is 2.14. The zero-order chi connectivity index (χ0) is 22.3. The minimum atomic E-state index is -0.270. The lowest BCUT2D eigenvalue weighted by molar-refractivity contribution is -0.129. The quantitative estimate of drug-likeness (QED) is 0.676. The maximum absolute atomic E-state index is 13.0. The lowest BCUT2D eigenvalue weighted by Crippen LogP contribution is -2.42. The Labute approximate surface area is 187 Å². The van der Waals surface area contributed by atoms with Crippen LogP contribution in [0.1, 0.15) is 27.1 Å². The van der Waals surface area contributed by atoms with Gasteiger partial charge in [-0.3, -0.25) is 14.4 Å². The molecule has 7 nitrogen and oxygen atoms in total. The fourth-order valence-electron chi connectivity index (χ4n) is 3.79. The fourth-order valence-corrected chi connectivity index (χ4v) is 3.79. The number of rotatable bonds is 5. The van der Waals surface area contributed by atoms with E-state index in [2.05, 4.69) is 5.32 Å². The second-order valence-corrected chi connectivity index (χ2v) is 7.71. The van der Waals surface area contributed by atoms with Crippen LogP contribution in [0.25, 0.3) is 5.69 Å². The maximum Gasteiger partial charge on any atom is 0.253 e. The highest BCUT2D eigenvalue weighted by molar-refractivity contribution is 5.96. The van der Waals surface area contributed by atoms with Gasteiger partial charge in [-0.05, 0) is 55.0 Å². The third kappa shape index (κ3) is 5.06. The Hall–Kier alpha value is -3.87. The predicted octanol–water partition coefficient (Wildman–Crippen LogP) is 2.58. The summed E-state index contributed by atoms with van der Waals surface area (Å²) in [6, 6.07) is 20.3. The average molecular weight is 431 g/mol. The van der Waals surface area contributed by atoms with Crippen LogP contribution in [0.4, 0.5) is 0 Å². The summed E-state index contributed by atoms with van der Waals surface area (Å²) in [7, 11) is 0. The van der Waals surface area contributed by atoms with Crippen molar-refractivity contribution in [3.63, 3.8) is 0 Å². The fraction of sp³-hybridized carbons (Fsp3) is 0.240. The Bertz CT molecular complexity index is 1060. The zero-order valence-corrected chi connectivity index (χ0v) is 17.8. The standard InChI is InChI=1S/C25H26N4O3/c30-23(19-26-24(31)20-7-2-1-3-8-20)28-15-6-16-29(18-17-28)25(32)21-9-11-22(12-10-21)27-13-4-5-14-27/h1-5,7-14H,6,15-19H2,(H,26,31). The van der Waals surface area contributed by atoms with Gasteiger partial charge in [0.05, 0.1) is 6.54 Å². The van der Waals surface area contributed by atoms with Crippen LogP contribution < -0.4 is 5.32 Å². The third-order valence-electron chi connectivity index (χ3n) is 5.59. The van der Waals surface area contributed by atoms with Gasteiger partial charge < -0.3 is 19.7 Å². The van der Waals surface area contributed by atoms with E-state index in [1.807, 2.05) is 59.4 Å². The van der Waals surface area contributed by atoms with Gasteiger partial charge in [0.1, 0.15) is 0 Å². The van der Waals surface area contributed by atoms with Gasteiger partial charge in [0.25, 0.3) is 11.8 Å². The summed E-state index contributed by atoms with van der Waals surface area (Å²) in [5.41, 5.74) is 2.16. The number of hydrogen-bond acceptors (Lipinski definition) is 3. The number of carbonyl (C=O) groups is 3. The molecule has 4 rings (SSSR count). The molecule has 1 aromatic heterocycles. The van der Waals surface area contributed by atoms with Gasteiger partial charge in [-0.15, -0.1) is 0 Å². The molecule has 0 spiro atoms. The first-order valence-corrected chi connectivity index (χ1v) is 10.8. The molecule has 1 aliphatic rings. The first-order valence-electron chi connectivity index (χ1n) is 10.8. The van der Waals surface area contributed by atoms with E-state index in [0.717, 1.165) is 5.69 Å². The Kier molecular flexibility index (Phi) is 6.65. The molecule has 1 fully saturated rings. The SMILES string of the molecule is O=C(NCC(=O)N1CCCN(C(=O)c2ccc(-n3cccc3)cc2)CC1)c1ccccc1. The average Bonchev–Trinajstić information content (AvgIpc) is 3.27. The number of amides is 3. The topological polar surface area (TPSA) is 74.7 Å². The van der Waals surface area contributed by atoms with Crippen molar-refractivity contribution in [2.75, 3.05) is 32.7 Å². The molecule has 1 aliphatic heterocycles. The summed E-state index contributed by atoms with van der Waals surface area (Å²) in [4.78, 5) is 41.2. The lowest BCUT2D eigenvalue weighted by Gasteiger charge is -2.22. The molecule has 3 aromatic rings. The molecule has 1 N–H and O–H groups in total. The Morgan fingerprint density at radius 2 is 1.38 bits per heavy atom. The van der Waals surface area contributed by atoms with E-state index >= 15 is 0 Å². The molecule has 164 valence electrons. The second kappa shape index (κ2) is 9.96. The van der Waals surface area contributed by atoms with Crippen molar-refractivity contribution in [3.8, 4) is 5.69 Å². The van der Waals surface area contributed by atoms with Crippen LogP contribution in [0.2, 0.25) is 0 Å². The summed E-state index contributed by atoms with van der Waals surface area (Å²) in [6.45, 7) is 2.03. The molecular formula is C25H26N4O3. The number of nitrogens with zero attached hydrogens (tertiary/aromatic N) is 3. The van der Waals surface area contributed by atoms with Gasteiger partial charge >= 0.3 is 0 Å². The highest BCUT2D eigenvalue weighted by atomic mass is 16.2. The second-order valence-electron chi connectivity index (χ2n) is 7.71. The van der Waals surface area contributed by atoms with E-state index in [1.165, 1.54) is 0 Å². The van der Waals surface area contributed by atoms with Crippen LogP contribution >= 0.6 is 0 Å². The summed E-state index contributed by atoms with van der Waals surface area (Å²) >= 11 is 0.